The number of benzene rings is 2. The van der Waals surface area contributed by atoms with Gasteiger partial charge in [-0.3, -0.25) is 4.79 Å². The molecule has 152 valence electrons. The number of carbonyl (C=O) groups is 1. The number of amides is 1. The van der Waals surface area contributed by atoms with E-state index < -0.39 is 0 Å². The van der Waals surface area contributed by atoms with Crippen LogP contribution in [0.25, 0.3) is 0 Å². The zero-order chi connectivity index (χ0) is 20.8. The Morgan fingerprint density at radius 1 is 1.21 bits per heavy atom. The molecule has 1 atom stereocenters. The normalized spacial score (nSPS) is 11.7. The first-order valence-corrected chi connectivity index (χ1v) is 10.1. The molecule has 0 bridgehead atoms. The number of ether oxygens (including phenoxy) is 2. The van der Waals surface area contributed by atoms with Crippen LogP contribution in [0.15, 0.2) is 53.7 Å². The standard InChI is InChI=1S/C21H24N4O3S/c1-14-8-7-9-16(12-14)28-15(2)20-23-24-21(25(20)3)29-13-19(26)22-17-10-5-6-11-18(17)27-4/h5-12,15H,13H2,1-4H3,(H,22,26). The molecular weight excluding hydrogens is 388 g/mol. The van der Waals surface area contributed by atoms with Gasteiger partial charge >= 0.3 is 0 Å². The Hall–Kier alpha value is -3.00. The number of para-hydroxylation sites is 2. The average Bonchev–Trinajstić information content (AvgIpc) is 3.07. The molecule has 0 aliphatic rings. The number of nitrogens with zero attached hydrogens (tertiary/aromatic N) is 3. The molecule has 0 aliphatic carbocycles. The second-order valence-electron chi connectivity index (χ2n) is 6.51. The van der Waals surface area contributed by atoms with Gasteiger partial charge < -0.3 is 19.4 Å². The molecule has 1 heterocycles. The number of rotatable bonds is 8. The van der Waals surface area contributed by atoms with Crippen LogP contribution < -0.4 is 14.8 Å². The molecule has 7 nitrogen and oxygen atoms in total. The van der Waals surface area contributed by atoms with E-state index >= 15 is 0 Å². The Bertz CT molecular complexity index is 990. The van der Waals surface area contributed by atoms with Crippen molar-refractivity contribution in [2.24, 2.45) is 7.05 Å². The second kappa shape index (κ2) is 9.47. The molecule has 0 spiro atoms. The molecule has 1 aromatic heterocycles. The quantitative estimate of drug-likeness (QED) is 0.564. The summed E-state index contributed by atoms with van der Waals surface area (Å²) in [7, 11) is 3.44. The number of aromatic nitrogens is 3. The summed E-state index contributed by atoms with van der Waals surface area (Å²) in [5, 5.41) is 11.9. The maximum Gasteiger partial charge on any atom is 0.234 e. The Balaban J connectivity index is 1.59. The predicted molar refractivity (Wildman–Crippen MR) is 114 cm³/mol. The van der Waals surface area contributed by atoms with Crippen LogP contribution in [-0.4, -0.2) is 33.5 Å². The van der Waals surface area contributed by atoms with Crippen LogP contribution >= 0.6 is 11.8 Å². The number of aryl methyl sites for hydroxylation is 1. The molecule has 8 heteroatoms. The summed E-state index contributed by atoms with van der Waals surface area (Å²) in [4.78, 5) is 12.3. The maximum absolute atomic E-state index is 12.3. The van der Waals surface area contributed by atoms with Crippen molar-refractivity contribution in [2.45, 2.75) is 25.1 Å². The van der Waals surface area contributed by atoms with Gasteiger partial charge in [-0.25, -0.2) is 0 Å². The smallest absolute Gasteiger partial charge is 0.234 e. The van der Waals surface area contributed by atoms with E-state index in [1.54, 1.807) is 19.2 Å². The molecule has 3 rings (SSSR count). The third-order valence-electron chi connectivity index (χ3n) is 4.25. The minimum absolute atomic E-state index is 0.145. The number of thioether (sulfide) groups is 1. The molecule has 0 fully saturated rings. The van der Waals surface area contributed by atoms with Crippen LogP contribution in [0.1, 0.15) is 24.4 Å². The number of hydrogen-bond acceptors (Lipinski definition) is 6. The van der Waals surface area contributed by atoms with Gasteiger partial charge in [0.25, 0.3) is 0 Å². The zero-order valence-corrected chi connectivity index (χ0v) is 17.7. The SMILES string of the molecule is COc1ccccc1NC(=O)CSc1nnc(C(C)Oc2cccc(C)c2)n1C. The zero-order valence-electron chi connectivity index (χ0n) is 16.9. The van der Waals surface area contributed by atoms with Gasteiger partial charge in [-0.1, -0.05) is 36.0 Å². The highest BCUT2D eigenvalue weighted by Gasteiger charge is 2.18. The van der Waals surface area contributed by atoms with E-state index in [0.717, 1.165) is 11.3 Å². The lowest BCUT2D eigenvalue weighted by Crippen LogP contribution is -2.15. The lowest BCUT2D eigenvalue weighted by Gasteiger charge is -2.14. The first-order valence-electron chi connectivity index (χ1n) is 9.16. The Morgan fingerprint density at radius 3 is 2.76 bits per heavy atom. The van der Waals surface area contributed by atoms with Crippen LogP contribution in [0, 0.1) is 6.92 Å². The van der Waals surface area contributed by atoms with Gasteiger partial charge in [-0.05, 0) is 43.7 Å². The van der Waals surface area contributed by atoms with Crippen LogP contribution in [-0.2, 0) is 11.8 Å². The molecule has 1 unspecified atom stereocenters. The summed E-state index contributed by atoms with van der Waals surface area (Å²) < 4.78 is 13.1. The monoisotopic (exact) mass is 412 g/mol. The van der Waals surface area contributed by atoms with E-state index in [9.17, 15) is 4.79 Å². The van der Waals surface area contributed by atoms with Gasteiger partial charge in [-0.2, -0.15) is 0 Å². The molecule has 0 saturated heterocycles. The molecule has 0 aliphatic heterocycles. The van der Waals surface area contributed by atoms with E-state index in [2.05, 4.69) is 15.5 Å². The first kappa shape index (κ1) is 20.7. The molecule has 1 N–H and O–H groups in total. The van der Waals surface area contributed by atoms with Crippen molar-refractivity contribution in [2.75, 3.05) is 18.2 Å². The largest absolute Gasteiger partial charge is 0.495 e. The van der Waals surface area contributed by atoms with Gasteiger partial charge in [0.1, 0.15) is 11.5 Å². The third kappa shape index (κ3) is 5.29. The van der Waals surface area contributed by atoms with E-state index in [0.29, 0.717) is 22.4 Å². The highest BCUT2D eigenvalue weighted by molar-refractivity contribution is 7.99. The molecule has 2 aromatic carbocycles. The molecule has 3 aromatic rings. The van der Waals surface area contributed by atoms with Crippen LogP contribution in [0.5, 0.6) is 11.5 Å². The highest BCUT2D eigenvalue weighted by atomic mass is 32.2. The van der Waals surface area contributed by atoms with Crippen molar-refractivity contribution in [1.82, 2.24) is 14.8 Å². The van der Waals surface area contributed by atoms with Gasteiger partial charge in [-0.15, -0.1) is 10.2 Å². The van der Waals surface area contributed by atoms with Gasteiger partial charge in [0, 0.05) is 7.05 Å². The summed E-state index contributed by atoms with van der Waals surface area (Å²) >= 11 is 1.32. The maximum atomic E-state index is 12.3. The van der Waals surface area contributed by atoms with Crippen LogP contribution in [0.4, 0.5) is 5.69 Å². The summed E-state index contributed by atoms with van der Waals surface area (Å²) in [5.74, 6) is 2.16. The fourth-order valence-corrected chi connectivity index (χ4v) is 3.53. The van der Waals surface area contributed by atoms with E-state index in [4.69, 9.17) is 9.47 Å². The van der Waals surface area contributed by atoms with Crippen molar-refractivity contribution in [3.63, 3.8) is 0 Å². The lowest BCUT2D eigenvalue weighted by molar-refractivity contribution is -0.113. The first-order chi connectivity index (χ1) is 14.0. The lowest BCUT2D eigenvalue weighted by atomic mass is 10.2. The number of anilines is 1. The number of hydrogen-bond donors (Lipinski definition) is 1. The average molecular weight is 413 g/mol. The van der Waals surface area contributed by atoms with Gasteiger partial charge in [0.05, 0.1) is 18.6 Å². The van der Waals surface area contributed by atoms with Crippen LogP contribution in [0.2, 0.25) is 0 Å². The molecule has 1 amide bonds. The topological polar surface area (TPSA) is 78.3 Å². The Labute approximate surface area is 174 Å². The van der Waals surface area contributed by atoms with E-state index in [-0.39, 0.29) is 17.8 Å². The summed E-state index contributed by atoms with van der Waals surface area (Å²) in [6.07, 6.45) is -0.272. The second-order valence-corrected chi connectivity index (χ2v) is 7.46. The Kier molecular flexibility index (Phi) is 6.77. The summed E-state index contributed by atoms with van der Waals surface area (Å²) in [6, 6.07) is 15.2. The van der Waals surface area contributed by atoms with Crippen molar-refractivity contribution >= 4 is 23.4 Å². The van der Waals surface area contributed by atoms with Crippen molar-refractivity contribution in [1.29, 1.82) is 0 Å². The van der Waals surface area contributed by atoms with Crippen molar-refractivity contribution in [3.05, 3.63) is 59.9 Å². The highest BCUT2D eigenvalue weighted by Crippen LogP contribution is 2.26. The van der Waals surface area contributed by atoms with Crippen molar-refractivity contribution in [3.8, 4) is 11.5 Å². The summed E-state index contributed by atoms with van der Waals surface area (Å²) in [6.45, 7) is 3.94. The predicted octanol–water partition coefficient (Wildman–Crippen LogP) is 4.00. The van der Waals surface area contributed by atoms with Gasteiger partial charge in [0.2, 0.25) is 5.91 Å². The van der Waals surface area contributed by atoms with E-state index in [1.807, 2.05) is 61.9 Å². The van der Waals surface area contributed by atoms with E-state index in [1.165, 1.54) is 11.8 Å². The minimum Gasteiger partial charge on any atom is -0.495 e. The number of methoxy groups -OCH3 is 1. The van der Waals surface area contributed by atoms with Crippen molar-refractivity contribution < 1.29 is 14.3 Å². The summed E-state index contributed by atoms with van der Waals surface area (Å²) in [5.41, 5.74) is 1.77. The molecule has 0 saturated carbocycles. The number of carbonyl (C=O) groups excluding carboxylic acids is 1. The van der Waals surface area contributed by atoms with Gasteiger partial charge in [0.15, 0.2) is 17.1 Å². The molecule has 0 radical (unpaired) electrons. The minimum atomic E-state index is -0.272. The van der Waals surface area contributed by atoms with Crippen LogP contribution in [0.3, 0.4) is 0 Å². The Morgan fingerprint density at radius 2 is 2.00 bits per heavy atom. The third-order valence-corrected chi connectivity index (χ3v) is 5.27. The molecular formula is C21H24N4O3S. The molecule has 29 heavy (non-hydrogen) atoms. The fourth-order valence-electron chi connectivity index (χ4n) is 2.82. The number of nitrogens with one attached hydrogen (secondary N) is 1. The fraction of sp³-hybridized carbons (Fsp3) is 0.286.